The predicted octanol–water partition coefficient (Wildman–Crippen LogP) is 1.65. The van der Waals surface area contributed by atoms with Crippen LogP contribution in [0.3, 0.4) is 0 Å². The first kappa shape index (κ1) is 16.3. The third-order valence-electron chi connectivity index (χ3n) is 4.59. The Hall–Kier alpha value is -1.60. The third kappa shape index (κ3) is 3.67. The molecule has 0 aromatic heterocycles. The van der Waals surface area contributed by atoms with Crippen molar-refractivity contribution in [2.75, 3.05) is 26.2 Å². The van der Waals surface area contributed by atoms with Crippen LogP contribution >= 0.6 is 0 Å². The van der Waals surface area contributed by atoms with E-state index in [9.17, 15) is 13.2 Å². The lowest BCUT2D eigenvalue weighted by Crippen LogP contribution is -2.54. The summed E-state index contributed by atoms with van der Waals surface area (Å²) in [6.45, 7) is 1.56. The number of piperazine rings is 1. The Morgan fingerprint density at radius 3 is 2.22 bits per heavy atom. The highest BCUT2D eigenvalue weighted by Crippen LogP contribution is 2.19. The molecule has 0 spiro atoms. The first-order valence-electron chi connectivity index (χ1n) is 8.18. The minimum Gasteiger partial charge on any atom is -0.335 e. The number of rotatable bonds is 3. The molecule has 7 heteroatoms. The standard InChI is InChI=1S/C16H23N3O3S/c20-16(17-14-6-4-5-7-14)18-10-12-19(13-11-18)23(21,22)15-8-2-1-3-9-15/h1-3,8-9,14H,4-7,10-13H2,(H,17,20). The third-order valence-corrected chi connectivity index (χ3v) is 6.50. The van der Waals surface area contributed by atoms with E-state index in [1.807, 2.05) is 0 Å². The van der Waals surface area contributed by atoms with Gasteiger partial charge in [-0.1, -0.05) is 31.0 Å². The van der Waals surface area contributed by atoms with Crippen LogP contribution in [-0.4, -0.2) is 55.9 Å². The number of nitrogens with zero attached hydrogens (tertiary/aromatic N) is 2. The van der Waals surface area contributed by atoms with E-state index in [0.29, 0.717) is 31.1 Å². The average Bonchev–Trinajstić information content (AvgIpc) is 3.09. The molecular formula is C16H23N3O3S. The molecule has 0 unspecified atom stereocenters. The van der Waals surface area contributed by atoms with Gasteiger partial charge in [0, 0.05) is 32.2 Å². The summed E-state index contributed by atoms with van der Waals surface area (Å²) < 4.78 is 26.6. The summed E-state index contributed by atoms with van der Waals surface area (Å²) >= 11 is 0. The second kappa shape index (κ2) is 6.88. The van der Waals surface area contributed by atoms with Crippen molar-refractivity contribution in [1.29, 1.82) is 0 Å². The van der Waals surface area contributed by atoms with Crippen LogP contribution in [0.4, 0.5) is 4.79 Å². The van der Waals surface area contributed by atoms with Crippen LogP contribution in [0.15, 0.2) is 35.2 Å². The van der Waals surface area contributed by atoms with E-state index >= 15 is 0 Å². The molecule has 2 amide bonds. The summed E-state index contributed by atoms with van der Waals surface area (Å²) in [6.07, 6.45) is 4.45. The van der Waals surface area contributed by atoms with Crippen molar-refractivity contribution in [3.63, 3.8) is 0 Å². The molecule has 2 fully saturated rings. The molecule has 1 N–H and O–H groups in total. The molecule has 6 nitrogen and oxygen atoms in total. The van der Waals surface area contributed by atoms with Gasteiger partial charge >= 0.3 is 6.03 Å². The van der Waals surface area contributed by atoms with Gasteiger partial charge in [0.15, 0.2) is 0 Å². The van der Waals surface area contributed by atoms with E-state index in [4.69, 9.17) is 0 Å². The molecule has 3 rings (SSSR count). The Kier molecular flexibility index (Phi) is 4.87. The van der Waals surface area contributed by atoms with Gasteiger partial charge in [-0.15, -0.1) is 0 Å². The molecule has 1 aromatic carbocycles. The number of carbonyl (C=O) groups is 1. The van der Waals surface area contributed by atoms with Crippen molar-refractivity contribution in [2.24, 2.45) is 0 Å². The van der Waals surface area contributed by atoms with E-state index in [1.165, 1.54) is 17.1 Å². The Balaban J connectivity index is 1.56. The van der Waals surface area contributed by atoms with Gasteiger partial charge in [-0.2, -0.15) is 4.31 Å². The average molecular weight is 337 g/mol. The summed E-state index contributed by atoms with van der Waals surface area (Å²) in [5.41, 5.74) is 0. The Morgan fingerprint density at radius 1 is 1.00 bits per heavy atom. The second-order valence-corrected chi connectivity index (χ2v) is 8.07. The smallest absolute Gasteiger partial charge is 0.317 e. The number of benzene rings is 1. The minimum atomic E-state index is -3.46. The van der Waals surface area contributed by atoms with Crippen molar-refractivity contribution in [3.05, 3.63) is 30.3 Å². The molecular weight excluding hydrogens is 314 g/mol. The molecule has 1 aliphatic carbocycles. The lowest BCUT2D eigenvalue weighted by Gasteiger charge is -2.34. The van der Waals surface area contributed by atoms with Gasteiger partial charge in [-0.3, -0.25) is 0 Å². The second-order valence-electron chi connectivity index (χ2n) is 6.14. The van der Waals surface area contributed by atoms with Crippen LogP contribution in [0.1, 0.15) is 25.7 Å². The Morgan fingerprint density at radius 2 is 1.61 bits per heavy atom. The fraction of sp³-hybridized carbons (Fsp3) is 0.562. The fourth-order valence-electron chi connectivity index (χ4n) is 3.21. The SMILES string of the molecule is O=C(NC1CCCC1)N1CCN(S(=O)(=O)c2ccccc2)CC1. The van der Waals surface area contributed by atoms with Crippen molar-refractivity contribution in [1.82, 2.24) is 14.5 Å². The van der Waals surface area contributed by atoms with Crippen LogP contribution in [0.5, 0.6) is 0 Å². The van der Waals surface area contributed by atoms with Crippen LogP contribution < -0.4 is 5.32 Å². The molecule has 1 heterocycles. The maximum absolute atomic E-state index is 12.5. The van der Waals surface area contributed by atoms with Gasteiger partial charge < -0.3 is 10.2 Å². The van der Waals surface area contributed by atoms with E-state index in [-0.39, 0.29) is 12.1 Å². The van der Waals surface area contributed by atoms with E-state index in [0.717, 1.165) is 12.8 Å². The summed E-state index contributed by atoms with van der Waals surface area (Å²) in [5.74, 6) is 0. The lowest BCUT2D eigenvalue weighted by molar-refractivity contribution is 0.169. The zero-order valence-corrected chi connectivity index (χ0v) is 14.0. The van der Waals surface area contributed by atoms with Gasteiger partial charge in [0.25, 0.3) is 0 Å². The summed E-state index contributed by atoms with van der Waals surface area (Å²) in [7, 11) is -3.46. The number of amides is 2. The van der Waals surface area contributed by atoms with Gasteiger partial charge in [-0.05, 0) is 25.0 Å². The van der Waals surface area contributed by atoms with Crippen molar-refractivity contribution in [2.45, 2.75) is 36.6 Å². The van der Waals surface area contributed by atoms with Crippen LogP contribution in [0.2, 0.25) is 0 Å². The fourth-order valence-corrected chi connectivity index (χ4v) is 4.65. The number of urea groups is 1. The van der Waals surface area contributed by atoms with Gasteiger partial charge in [0.1, 0.15) is 0 Å². The van der Waals surface area contributed by atoms with E-state index in [1.54, 1.807) is 35.2 Å². The molecule has 0 radical (unpaired) electrons. The number of hydrogen-bond donors (Lipinski definition) is 1. The van der Waals surface area contributed by atoms with Crippen molar-refractivity contribution < 1.29 is 13.2 Å². The summed E-state index contributed by atoms with van der Waals surface area (Å²) in [5, 5.41) is 3.05. The number of hydrogen-bond acceptors (Lipinski definition) is 3. The highest BCUT2D eigenvalue weighted by Gasteiger charge is 2.30. The summed E-state index contributed by atoms with van der Waals surface area (Å²) in [4.78, 5) is 14.3. The van der Waals surface area contributed by atoms with Crippen molar-refractivity contribution in [3.8, 4) is 0 Å². The summed E-state index contributed by atoms with van der Waals surface area (Å²) in [6, 6.07) is 8.67. The molecule has 1 aromatic rings. The lowest BCUT2D eigenvalue weighted by atomic mass is 10.2. The molecule has 23 heavy (non-hydrogen) atoms. The normalized spacial score (nSPS) is 20.6. The zero-order valence-electron chi connectivity index (χ0n) is 13.1. The first-order chi connectivity index (χ1) is 11.1. The molecule has 2 aliphatic rings. The van der Waals surface area contributed by atoms with Gasteiger partial charge in [-0.25, -0.2) is 13.2 Å². The molecule has 1 saturated heterocycles. The first-order valence-corrected chi connectivity index (χ1v) is 9.62. The maximum atomic E-state index is 12.5. The topological polar surface area (TPSA) is 69.7 Å². The number of sulfonamides is 1. The Bertz CT molecular complexity index is 634. The van der Waals surface area contributed by atoms with Gasteiger partial charge in [0.05, 0.1) is 4.90 Å². The molecule has 1 aliphatic heterocycles. The molecule has 0 bridgehead atoms. The van der Waals surface area contributed by atoms with Crippen LogP contribution in [0.25, 0.3) is 0 Å². The molecule has 1 saturated carbocycles. The molecule has 126 valence electrons. The van der Waals surface area contributed by atoms with E-state index in [2.05, 4.69) is 5.32 Å². The highest BCUT2D eigenvalue weighted by molar-refractivity contribution is 7.89. The minimum absolute atomic E-state index is 0.0614. The number of carbonyl (C=O) groups excluding carboxylic acids is 1. The predicted molar refractivity (Wildman–Crippen MR) is 87.6 cm³/mol. The van der Waals surface area contributed by atoms with Crippen LogP contribution in [-0.2, 0) is 10.0 Å². The zero-order chi connectivity index (χ0) is 16.3. The van der Waals surface area contributed by atoms with Crippen LogP contribution in [0, 0.1) is 0 Å². The highest BCUT2D eigenvalue weighted by atomic mass is 32.2. The Labute approximate surface area is 137 Å². The largest absolute Gasteiger partial charge is 0.335 e. The monoisotopic (exact) mass is 337 g/mol. The molecule has 0 atom stereocenters. The van der Waals surface area contributed by atoms with Crippen molar-refractivity contribution >= 4 is 16.1 Å². The maximum Gasteiger partial charge on any atom is 0.317 e. The quantitative estimate of drug-likeness (QED) is 0.912. The van der Waals surface area contributed by atoms with Gasteiger partial charge in [0.2, 0.25) is 10.0 Å². The number of nitrogens with one attached hydrogen (secondary N) is 1. The van der Waals surface area contributed by atoms with E-state index < -0.39 is 10.0 Å².